The Kier molecular flexibility index (Phi) is 5.19. The number of unbranched alkanes of at least 4 members (excludes halogenated alkanes) is 2. The number of aryl methyl sites for hydroxylation is 1. The fourth-order valence-electron chi connectivity index (χ4n) is 3.45. The maximum atomic E-state index is 13.1. The van der Waals surface area contributed by atoms with Crippen molar-refractivity contribution in [2.24, 2.45) is 0 Å². The van der Waals surface area contributed by atoms with Crippen LogP contribution in [0.2, 0.25) is 0 Å². The molecule has 0 spiro atoms. The van der Waals surface area contributed by atoms with E-state index < -0.39 is 6.10 Å². The van der Waals surface area contributed by atoms with Gasteiger partial charge in [0.15, 0.2) is 0 Å². The molecular formula is C22H23N3O2. The Morgan fingerprint density at radius 1 is 0.926 bits per heavy atom. The van der Waals surface area contributed by atoms with Gasteiger partial charge in [0.1, 0.15) is 5.75 Å². The summed E-state index contributed by atoms with van der Waals surface area (Å²) in [7, 11) is 0. The van der Waals surface area contributed by atoms with E-state index in [0.29, 0.717) is 6.54 Å². The second-order valence-electron chi connectivity index (χ2n) is 6.73. The third kappa shape index (κ3) is 3.87. The molecule has 0 fully saturated rings. The van der Waals surface area contributed by atoms with E-state index in [-0.39, 0.29) is 5.91 Å². The summed E-state index contributed by atoms with van der Waals surface area (Å²) in [6.45, 7) is 1.66. The minimum Gasteiger partial charge on any atom is -0.474 e. The number of benzene rings is 2. The van der Waals surface area contributed by atoms with Gasteiger partial charge in [0.05, 0.1) is 12.0 Å². The third-order valence-electron chi connectivity index (χ3n) is 4.85. The number of carbonyl (C=O) groups is 1. The Morgan fingerprint density at radius 2 is 1.70 bits per heavy atom. The average molecular weight is 361 g/mol. The molecule has 1 atom stereocenters. The summed E-state index contributed by atoms with van der Waals surface area (Å²) < 4.78 is 8.12. The number of carbonyl (C=O) groups excluding carboxylic acids is 1. The van der Waals surface area contributed by atoms with Gasteiger partial charge < -0.3 is 14.2 Å². The Hall–Kier alpha value is -3.08. The predicted octanol–water partition coefficient (Wildman–Crippen LogP) is 4.22. The first-order valence-electron chi connectivity index (χ1n) is 9.41. The van der Waals surface area contributed by atoms with Gasteiger partial charge in [0.2, 0.25) is 6.10 Å². The summed E-state index contributed by atoms with van der Waals surface area (Å²) in [5.74, 6) is 0.777. The lowest BCUT2D eigenvalue weighted by Gasteiger charge is -2.34. The van der Waals surface area contributed by atoms with Gasteiger partial charge in [-0.25, -0.2) is 4.98 Å². The van der Waals surface area contributed by atoms with Gasteiger partial charge >= 0.3 is 0 Å². The lowest BCUT2D eigenvalue weighted by atomic mass is 10.0. The first-order chi connectivity index (χ1) is 13.3. The van der Waals surface area contributed by atoms with Gasteiger partial charge in [-0.15, -0.1) is 0 Å². The van der Waals surface area contributed by atoms with Crippen LogP contribution in [0.4, 0.5) is 5.69 Å². The molecule has 0 N–H and O–H groups in total. The maximum Gasteiger partial charge on any atom is 0.272 e. The molecule has 2 aromatic carbocycles. The molecule has 0 saturated carbocycles. The number of para-hydroxylation sites is 2. The molecule has 1 aromatic heterocycles. The number of rotatable bonds is 7. The Labute approximate surface area is 159 Å². The van der Waals surface area contributed by atoms with Crippen molar-refractivity contribution in [2.45, 2.75) is 31.9 Å². The highest BCUT2D eigenvalue weighted by atomic mass is 16.5. The Bertz CT molecular complexity index is 878. The SMILES string of the molecule is O=C1C(c2ccccc2)Oc2ccccc2N1CCCCCn1ccnc1. The molecule has 5 heteroatoms. The van der Waals surface area contributed by atoms with Crippen molar-refractivity contribution in [3.05, 3.63) is 78.9 Å². The summed E-state index contributed by atoms with van der Waals surface area (Å²) in [6, 6.07) is 17.5. The molecule has 1 aliphatic rings. The van der Waals surface area contributed by atoms with E-state index in [2.05, 4.69) is 9.55 Å². The normalized spacial score (nSPS) is 16.1. The van der Waals surface area contributed by atoms with Crippen LogP contribution >= 0.6 is 0 Å². The second-order valence-corrected chi connectivity index (χ2v) is 6.73. The van der Waals surface area contributed by atoms with E-state index in [1.807, 2.05) is 72.0 Å². The standard InChI is InChI=1S/C22H23N3O2/c26-22-21(18-9-3-1-4-10-18)27-20-12-6-5-11-19(20)25(22)15-8-2-7-14-24-16-13-23-17-24/h1,3-6,9-13,16-17,21H,2,7-8,14-15H2. The number of nitrogens with zero attached hydrogens (tertiary/aromatic N) is 3. The zero-order chi connectivity index (χ0) is 18.5. The highest BCUT2D eigenvalue weighted by Gasteiger charge is 2.34. The van der Waals surface area contributed by atoms with E-state index in [1.54, 1.807) is 6.20 Å². The molecule has 4 rings (SSSR count). The molecule has 0 aliphatic carbocycles. The highest BCUT2D eigenvalue weighted by molar-refractivity contribution is 6.00. The van der Waals surface area contributed by atoms with Crippen molar-refractivity contribution in [2.75, 3.05) is 11.4 Å². The van der Waals surface area contributed by atoms with Crippen molar-refractivity contribution in [1.29, 1.82) is 0 Å². The number of hydrogen-bond donors (Lipinski definition) is 0. The van der Waals surface area contributed by atoms with E-state index >= 15 is 0 Å². The monoisotopic (exact) mass is 361 g/mol. The third-order valence-corrected chi connectivity index (χ3v) is 4.85. The largest absolute Gasteiger partial charge is 0.474 e. The molecular weight excluding hydrogens is 338 g/mol. The molecule has 0 saturated heterocycles. The number of aromatic nitrogens is 2. The number of imidazole rings is 1. The Morgan fingerprint density at radius 3 is 2.52 bits per heavy atom. The van der Waals surface area contributed by atoms with Gasteiger partial charge in [-0.1, -0.05) is 42.5 Å². The summed E-state index contributed by atoms with van der Waals surface area (Å²) in [5, 5.41) is 0. The highest BCUT2D eigenvalue weighted by Crippen LogP contribution is 2.38. The number of amides is 1. The second kappa shape index (κ2) is 8.08. The van der Waals surface area contributed by atoms with Gasteiger partial charge in [0, 0.05) is 31.0 Å². The van der Waals surface area contributed by atoms with Crippen LogP contribution in [0.3, 0.4) is 0 Å². The van der Waals surface area contributed by atoms with Gasteiger partial charge in [-0.3, -0.25) is 4.79 Å². The molecule has 138 valence electrons. The summed E-state index contributed by atoms with van der Waals surface area (Å²) >= 11 is 0. The van der Waals surface area contributed by atoms with Crippen LogP contribution < -0.4 is 9.64 Å². The average Bonchev–Trinajstić information content (AvgIpc) is 3.23. The van der Waals surface area contributed by atoms with E-state index in [4.69, 9.17) is 4.74 Å². The molecule has 1 unspecified atom stereocenters. The van der Waals surface area contributed by atoms with Gasteiger partial charge in [-0.2, -0.15) is 0 Å². The molecule has 3 aromatic rings. The van der Waals surface area contributed by atoms with E-state index in [1.165, 1.54) is 0 Å². The lowest BCUT2D eigenvalue weighted by Crippen LogP contribution is -2.41. The van der Waals surface area contributed by atoms with Crippen molar-refractivity contribution in [3.8, 4) is 5.75 Å². The number of anilines is 1. The predicted molar refractivity (Wildman–Crippen MR) is 105 cm³/mol. The number of fused-ring (bicyclic) bond motifs is 1. The van der Waals surface area contributed by atoms with Crippen LogP contribution in [-0.2, 0) is 11.3 Å². The summed E-state index contributed by atoms with van der Waals surface area (Å²) in [4.78, 5) is 19.1. The van der Waals surface area contributed by atoms with Crippen LogP contribution in [0.15, 0.2) is 73.3 Å². The smallest absolute Gasteiger partial charge is 0.272 e. The van der Waals surface area contributed by atoms with Crippen LogP contribution in [0.1, 0.15) is 30.9 Å². The molecule has 0 bridgehead atoms. The zero-order valence-corrected chi connectivity index (χ0v) is 15.2. The number of ether oxygens (including phenoxy) is 1. The van der Waals surface area contributed by atoms with Gasteiger partial charge in [0.25, 0.3) is 5.91 Å². The summed E-state index contributed by atoms with van der Waals surface area (Å²) in [6.07, 6.45) is 8.12. The Balaban J connectivity index is 1.44. The molecule has 0 radical (unpaired) electrons. The molecule has 27 heavy (non-hydrogen) atoms. The topological polar surface area (TPSA) is 47.4 Å². The first kappa shape index (κ1) is 17.3. The first-order valence-corrected chi connectivity index (χ1v) is 9.41. The van der Waals surface area contributed by atoms with Crippen molar-refractivity contribution in [1.82, 2.24) is 9.55 Å². The van der Waals surface area contributed by atoms with Crippen molar-refractivity contribution >= 4 is 11.6 Å². The van der Waals surface area contributed by atoms with E-state index in [9.17, 15) is 4.79 Å². The fourth-order valence-corrected chi connectivity index (χ4v) is 3.45. The van der Waals surface area contributed by atoms with E-state index in [0.717, 1.165) is 42.8 Å². The lowest BCUT2D eigenvalue weighted by molar-refractivity contribution is -0.126. The zero-order valence-electron chi connectivity index (χ0n) is 15.2. The summed E-state index contributed by atoms with van der Waals surface area (Å²) in [5.41, 5.74) is 1.76. The maximum absolute atomic E-state index is 13.1. The molecule has 1 aliphatic heterocycles. The molecule has 1 amide bonds. The number of hydrogen-bond acceptors (Lipinski definition) is 3. The van der Waals surface area contributed by atoms with Crippen LogP contribution in [-0.4, -0.2) is 22.0 Å². The van der Waals surface area contributed by atoms with Crippen LogP contribution in [0.25, 0.3) is 0 Å². The molecule has 5 nitrogen and oxygen atoms in total. The van der Waals surface area contributed by atoms with Crippen LogP contribution in [0, 0.1) is 0 Å². The fraction of sp³-hybridized carbons (Fsp3) is 0.273. The van der Waals surface area contributed by atoms with Crippen LogP contribution in [0.5, 0.6) is 5.75 Å². The minimum atomic E-state index is -0.577. The molecule has 2 heterocycles. The minimum absolute atomic E-state index is 0.00881. The quantitative estimate of drug-likeness (QED) is 0.592. The van der Waals surface area contributed by atoms with Gasteiger partial charge in [-0.05, 0) is 31.4 Å². The van der Waals surface area contributed by atoms with Crippen molar-refractivity contribution < 1.29 is 9.53 Å². The van der Waals surface area contributed by atoms with Crippen molar-refractivity contribution in [3.63, 3.8) is 0 Å².